The second kappa shape index (κ2) is 16.7. The summed E-state index contributed by atoms with van der Waals surface area (Å²) in [6.45, 7) is 0.530. The molecule has 0 atom stereocenters. The van der Waals surface area contributed by atoms with E-state index in [1.807, 2.05) is 97.1 Å². The topological polar surface area (TPSA) is 147 Å². The number of phenolic OH excluding ortho intramolecular Hbond substituents is 1. The SMILES string of the molecule is O=C(c1ccc(Cc2cccc(O)c2)nc1)c1c[nH]c2ncccc12.O=C(c1ccc(Cc2cccc(OCc3ccccc3)c2)nc1)c1c[nH]c2ncccc12. The van der Waals surface area contributed by atoms with Crippen LogP contribution in [0.5, 0.6) is 11.5 Å². The van der Waals surface area contributed by atoms with Crippen molar-refractivity contribution < 1.29 is 19.4 Å². The maximum Gasteiger partial charge on any atom is 0.196 e. The molecule has 0 aliphatic rings. The second-order valence-electron chi connectivity index (χ2n) is 13.4. The molecule has 10 nitrogen and oxygen atoms in total. The van der Waals surface area contributed by atoms with Crippen molar-refractivity contribution in [3.8, 4) is 11.5 Å². The van der Waals surface area contributed by atoms with Gasteiger partial charge in [-0.2, -0.15) is 0 Å². The van der Waals surface area contributed by atoms with Crippen LogP contribution >= 0.6 is 0 Å². The smallest absolute Gasteiger partial charge is 0.196 e. The van der Waals surface area contributed by atoms with Crippen LogP contribution in [0.1, 0.15) is 59.9 Å². The van der Waals surface area contributed by atoms with Gasteiger partial charge in [-0.1, -0.05) is 54.6 Å². The van der Waals surface area contributed by atoms with Crippen LogP contribution in [-0.4, -0.2) is 46.6 Å². The van der Waals surface area contributed by atoms with E-state index in [1.54, 1.807) is 61.4 Å². The van der Waals surface area contributed by atoms with Crippen LogP contribution in [0.2, 0.25) is 0 Å². The van der Waals surface area contributed by atoms with Gasteiger partial charge in [0.05, 0.1) is 0 Å². The summed E-state index contributed by atoms with van der Waals surface area (Å²) in [7, 11) is 0. The van der Waals surface area contributed by atoms with Crippen molar-refractivity contribution >= 4 is 33.6 Å². The molecular weight excluding hydrogens is 713 g/mol. The van der Waals surface area contributed by atoms with E-state index in [-0.39, 0.29) is 17.3 Å². The van der Waals surface area contributed by atoms with E-state index in [9.17, 15) is 14.7 Å². The monoisotopic (exact) mass is 748 g/mol. The summed E-state index contributed by atoms with van der Waals surface area (Å²) >= 11 is 0. The van der Waals surface area contributed by atoms with Gasteiger partial charge in [-0.05, 0) is 89.5 Å². The summed E-state index contributed by atoms with van der Waals surface area (Å²) in [5.74, 6) is 0.901. The average Bonchev–Trinajstić information content (AvgIpc) is 3.89. The Morgan fingerprint density at radius 2 is 1.09 bits per heavy atom. The number of aromatic nitrogens is 6. The Kier molecular flexibility index (Phi) is 10.7. The van der Waals surface area contributed by atoms with E-state index in [2.05, 4.69) is 36.0 Å². The third kappa shape index (κ3) is 8.66. The van der Waals surface area contributed by atoms with Crippen LogP contribution in [0.25, 0.3) is 22.1 Å². The number of hydrogen-bond acceptors (Lipinski definition) is 8. The van der Waals surface area contributed by atoms with E-state index in [4.69, 9.17) is 4.74 Å². The molecule has 0 bridgehead atoms. The van der Waals surface area contributed by atoms with Gasteiger partial charge >= 0.3 is 0 Å². The molecule has 6 heterocycles. The zero-order valence-electron chi connectivity index (χ0n) is 30.7. The molecule has 6 aromatic heterocycles. The highest BCUT2D eigenvalue weighted by molar-refractivity contribution is 6.16. The predicted octanol–water partition coefficient (Wildman–Crippen LogP) is 8.84. The second-order valence-corrected chi connectivity index (χ2v) is 13.4. The minimum Gasteiger partial charge on any atom is -0.508 e. The molecule has 9 aromatic rings. The number of H-pyrrole nitrogens is 2. The zero-order chi connectivity index (χ0) is 39.0. The molecule has 0 saturated heterocycles. The normalized spacial score (nSPS) is 10.9. The van der Waals surface area contributed by atoms with Gasteiger partial charge in [-0.25, -0.2) is 9.97 Å². The highest BCUT2D eigenvalue weighted by atomic mass is 16.5. The third-order valence-electron chi connectivity index (χ3n) is 9.39. The Morgan fingerprint density at radius 1 is 0.544 bits per heavy atom. The standard InChI is InChI=1S/C27H21N3O2.C20H15N3O2/c31-26(25-17-30-27-24(25)10-5-13-28-27)21-11-12-22(29-16-21)14-20-8-4-9-23(15-20)32-18-19-6-2-1-3-7-19;24-16-4-1-3-13(10-16)9-15-7-6-14(11-22-15)19(25)18-12-23-20-17(18)5-2-8-21-20/h1-13,15-17H,14,18H2,(H,28,30);1-8,10-12,24H,9H2,(H,21,23). The van der Waals surface area contributed by atoms with Gasteiger partial charge in [-0.3, -0.25) is 19.6 Å². The number of ether oxygens (including phenoxy) is 1. The number of fused-ring (bicyclic) bond motifs is 2. The van der Waals surface area contributed by atoms with Crippen LogP contribution in [0.4, 0.5) is 0 Å². The van der Waals surface area contributed by atoms with Crippen LogP contribution in [0.15, 0.2) is 165 Å². The first kappa shape index (κ1) is 36.3. The van der Waals surface area contributed by atoms with E-state index >= 15 is 0 Å². The molecule has 57 heavy (non-hydrogen) atoms. The van der Waals surface area contributed by atoms with Crippen molar-refractivity contribution in [3.05, 3.63) is 215 Å². The number of benzene rings is 3. The van der Waals surface area contributed by atoms with Gasteiger partial charge in [0.15, 0.2) is 11.6 Å². The maximum atomic E-state index is 12.9. The van der Waals surface area contributed by atoms with Crippen molar-refractivity contribution in [2.24, 2.45) is 0 Å². The van der Waals surface area contributed by atoms with Gasteiger partial charge in [0.1, 0.15) is 29.4 Å². The molecule has 0 unspecified atom stereocenters. The fourth-order valence-corrected chi connectivity index (χ4v) is 6.50. The van der Waals surface area contributed by atoms with Crippen LogP contribution in [-0.2, 0) is 19.4 Å². The molecule has 0 saturated carbocycles. The lowest BCUT2D eigenvalue weighted by molar-refractivity contribution is 0.103. The summed E-state index contributed by atoms with van der Waals surface area (Å²) in [5.41, 5.74) is 8.60. The first-order valence-electron chi connectivity index (χ1n) is 18.3. The fourth-order valence-electron chi connectivity index (χ4n) is 6.50. The Morgan fingerprint density at radius 3 is 1.63 bits per heavy atom. The summed E-state index contributed by atoms with van der Waals surface area (Å²) in [4.78, 5) is 49.0. The third-order valence-corrected chi connectivity index (χ3v) is 9.39. The summed E-state index contributed by atoms with van der Waals surface area (Å²) in [5, 5.41) is 11.1. The number of aromatic amines is 2. The maximum absolute atomic E-state index is 12.9. The van der Waals surface area contributed by atoms with Gasteiger partial charge in [-0.15, -0.1) is 0 Å². The number of carbonyl (C=O) groups excluding carboxylic acids is 2. The lowest BCUT2D eigenvalue weighted by Crippen LogP contribution is -2.02. The van der Waals surface area contributed by atoms with Crippen molar-refractivity contribution in [2.45, 2.75) is 19.4 Å². The summed E-state index contributed by atoms with van der Waals surface area (Å²) in [6, 6.07) is 39.9. The highest BCUT2D eigenvalue weighted by Gasteiger charge is 2.16. The highest BCUT2D eigenvalue weighted by Crippen LogP contribution is 2.22. The molecule has 3 N–H and O–H groups in total. The molecule has 0 aliphatic heterocycles. The first-order chi connectivity index (χ1) is 28.0. The van der Waals surface area contributed by atoms with E-state index < -0.39 is 0 Å². The number of pyridine rings is 4. The number of carbonyl (C=O) groups is 2. The largest absolute Gasteiger partial charge is 0.508 e. The number of hydrogen-bond donors (Lipinski definition) is 3. The number of rotatable bonds is 11. The van der Waals surface area contributed by atoms with E-state index in [0.29, 0.717) is 53.0 Å². The fraction of sp³-hybridized carbons (Fsp3) is 0.0638. The minimum atomic E-state index is -0.0874. The van der Waals surface area contributed by atoms with E-state index in [0.717, 1.165) is 44.6 Å². The summed E-state index contributed by atoms with van der Waals surface area (Å²) < 4.78 is 5.92. The Hall–Kier alpha value is -7.72. The van der Waals surface area contributed by atoms with E-state index in [1.165, 1.54) is 0 Å². The van der Waals surface area contributed by atoms with Gasteiger partial charge in [0.25, 0.3) is 0 Å². The predicted molar refractivity (Wildman–Crippen MR) is 218 cm³/mol. The molecule has 0 fully saturated rings. The number of nitrogens with zero attached hydrogens (tertiary/aromatic N) is 4. The molecule has 9 rings (SSSR count). The average molecular weight is 749 g/mol. The van der Waals surface area contributed by atoms with Crippen LogP contribution in [0, 0.1) is 0 Å². The first-order valence-corrected chi connectivity index (χ1v) is 18.3. The van der Waals surface area contributed by atoms with Crippen LogP contribution < -0.4 is 4.74 Å². The van der Waals surface area contributed by atoms with Crippen molar-refractivity contribution in [3.63, 3.8) is 0 Å². The van der Waals surface area contributed by atoms with Crippen molar-refractivity contribution in [1.29, 1.82) is 0 Å². The van der Waals surface area contributed by atoms with Crippen LogP contribution in [0.3, 0.4) is 0 Å². The number of nitrogens with one attached hydrogen (secondary N) is 2. The number of aromatic hydroxyl groups is 1. The lowest BCUT2D eigenvalue weighted by Gasteiger charge is -2.08. The van der Waals surface area contributed by atoms with Gasteiger partial charge < -0.3 is 19.8 Å². The molecular formula is C47H36N6O4. The summed E-state index contributed by atoms with van der Waals surface area (Å²) in [6.07, 6.45) is 11.3. The minimum absolute atomic E-state index is 0.0698. The number of phenols is 1. The molecule has 0 amide bonds. The Bertz CT molecular complexity index is 2800. The Balaban J connectivity index is 0.000000165. The van der Waals surface area contributed by atoms with Gasteiger partial charge in [0, 0.05) is 94.4 Å². The Labute approximate surface area is 327 Å². The van der Waals surface area contributed by atoms with Crippen molar-refractivity contribution in [1.82, 2.24) is 29.9 Å². The molecule has 0 spiro atoms. The molecule has 10 heteroatoms. The van der Waals surface area contributed by atoms with Crippen molar-refractivity contribution in [2.75, 3.05) is 0 Å². The van der Waals surface area contributed by atoms with Gasteiger partial charge in [0.2, 0.25) is 0 Å². The lowest BCUT2D eigenvalue weighted by atomic mass is 10.0. The molecule has 0 radical (unpaired) electrons. The molecule has 3 aromatic carbocycles. The molecule has 0 aliphatic carbocycles. The zero-order valence-corrected chi connectivity index (χ0v) is 30.7. The number of ketones is 2. The molecule has 278 valence electrons. The quantitative estimate of drug-likeness (QED) is 0.111.